The molecule has 0 radical (unpaired) electrons. The van der Waals surface area contributed by atoms with E-state index in [4.69, 9.17) is 4.74 Å². The molecule has 0 aromatic rings. The Bertz CT molecular complexity index is 205. The summed E-state index contributed by atoms with van der Waals surface area (Å²) in [5.74, 6) is 1.75. The molecule has 2 rings (SSSR count). The maximum atomic E-state index is 5.43. The Kier molecular flexibility index (Phi) is 2.31. The number of ether oxygens (including phenoxy) is 1. The highest BCUT2D eigenvalue weighted by Gasteiger charge is 2.32. The van der Waals surface area contributed by atoms with Crippen LogP contribution in [-0.2, 0) is 4.74 Å². The fraction of sp³-hybridized carbons (Fsp3) is 0.636. The summed E-state index contributed by atoms with van der Waals surface area (Å²) in [5, 5.41) is 0. The summed E-state index contributed by atoms with van der Waals surface area (Å²) in [6.07, 6.45) is 8.45. The molecule has 2 aliphatic rings. The largest absolute Gasteiger partial charge is 0.373 e. The zero-order chi connectivity index (χ0) is 8.39. The molecule has 2 aliphatic carbocycles. The second kappa shape index (κ2) is 3.44. The van der Waals surface area contributed by atoms with Crippen molar-refractivity contribution in [3.05, 3.63) is 24.3 Å². The molecule has 0 saturated heterocycles. The highest BCUT2D eigenvalue weighted by Crippen LogP contribution is 2.43. The van der Waals surface area contributed by atoms with Crippen molar-refractivity contribution >= 4 is 0 Å². The van der Waals surface area contributed by atoms with E-state index in [0.29, 0.717) is 6.61 Å². The van der Waals surface area contributed by atoms with Crippen molar-refractivity contribution in [3.63, 3.8) is 0 Å². The number of fused-ring (bicyclic) bond motifs is 2. The SMILES string of the molecule is C=CCOCC1=CC2CCC1C2. The number of allylic oxidation sites excluding steroid dienone is 1. The molecule has 0 N–H and O–H groups in total. The smallest absolute Gasteiger partial charge is 0.0683 e. The molecule has 0 heterocycles. The van der Waals surface area contributed by atoms with Gasteiger partial charge >= 0.3 is 0 Å². The van der Waals surface area contributed by atoms with Gasteiger partial charge in [0.2, 0.25) is 0 Å². The van der Waals surface area contributed by atoms with Crippen LogP contribution in [-0.4, -0.2) is 13.2 Å². The van der Waals surface area contributed by atoms with Crippen LogP contribution in [0.3, 0.4) is 0 Å². The van der Waals surface area contributed by atoms with Crippen LogP contribution < -0.4 is 0 Å². The van der Waals surface area contributed by atoms with Gasteiger partial charge < -0.3 is 4.74 Å². The lowest BCUT2D eigenvalue weighted by atomic mass is 9.99. The van der Waals surface area contributed by atoms with Crippen LogP contribution in [0, 0.1) is 11.8 Å². The summed E-state index contributed by atoms with van der Waals surface area (Å²) >= 11 is 0. The zero-order valence-electron chi connectivity index (χ0n) is 7.46. The third-order valence-electron chi connectivity index (χ3n) is 2.95. The van der Waals surface area contributed by atoms with E-state index < -0.39 is 0 Å². The molecule has 2 unspecified atom stereocenters. The number of hydrogen-bond donors (Lipinski definition) is 0. The Labute approximate surface area is 74.1 Å². The molecule has 0 aliphatic heterocycles. The van der Waals surface area contributed by atoms with E-state index in [0.717, 1.165) is 18.4 Å². The van der Waals surface area contributed by atoms with E-state index in [9.17, 15) is 0 Å². The summed E-state index contributed by atoms with van der Waals surface area (Å²) in [6, 6.07) is 0. The molecule has 1 saturated carbocycles. The van der Waals surface area contributed by atoms with E-state index >= 15 is 0 Å². The van der Waals surface area contributed by atoms with Gasteiger partial charge in [0.25, 0.3) is 0 Å². The zero-order valence-corrected chi connectivity index (χ0v) is 7.46. The Hall–Kier alpha value is -0.560. The third-order valence-corrected chi connectivity index (χ3v) is 2.95. The van der Waals surface area contributed by atoms with Crippen molar-refractivity contribution in [1.29, 1.82) is 0 Å². The van der Waals surface area contributed by atoms with Gasteiger partial charge in [-0.3, -0.25) is 0 Å². The molecule has 0 amide bonds. The predicted octanol–water partition coefficient (Wildman–Crippen LogP) is 2.55. The number of hydrogen-bond acceptors (Lipinski definition) is 1. The molecule has 1 heteroatoms. The molecule has 0 spiro atoms. The molecule has 2 atom stereocenters. The fourth-order valence-electron chi connectivity index (χ4n) is 2.37. The maximum Gasteiger partial charge on any atom is 0.0683 e. The molecule has 1 fully saturated rings. The van der Waals surface area contributed by atoms with Crippen LogP contribution in [0.15, 0.2) is 24.3 Å². The molecule has 66 valence electrons. The first-order valence-corrected chi connectivity index (χ1v) is 4.79. The lowest BCUT2D eigenvalue weighted by molar-refractivity contribution is 0.180. The fourth-order valence-corrected chi connectivity index (χ4v) is 2.37. The molecule has 1 nitrogen and oxygen atoms in total. The maximum absolute atomic E-state index is 5.43. The van der Waals surface area contributed by atoms with Gasteiger partial charge in [-0.25, -0.2) is 0 Å². The standard InChI is InChI=1S/C11H16O/c1-2-5-12-8-11-7-9-3-4-10(11)6-9/h2,7,9-10H,1,3-6,8H2. The third kappa shape index (κ3) is 1.46. The minimum Gasteiger partial charge on any atom is -0.373 e. The van der Waals surface area contributed by atoms with E-state index in [1.165, 1.54) is 19.3 Å². The minimum absolute atomic E-state index is 0.689. The van der Waals surface area contributed by atoms with Crippen LogP contribution in [0.5, 0.6) is 0 Å². The van der Waals surface area contributed by atoms with Crippen molar-refractivity contribution in [1.82, 2.24) is 0 Å². The summed E-state index contributed by atoms with van der Waals surface area (Å²) in [6.45, 7) is 5.16. The topological polar surface area (TPSA) is 9.23 Å². The Morgan fingerprint density at radius 2 is 2.50 bits per heavy atom. The molecule has 12 heavy (non-hydrogen) atoms. The normalized spacial score (nSPS) is 32.2. The summed E-state index contributed by atoms with van der Waals surface area (Å²) in [7, 11) is 0. The van der Waals surface area contributed by atoms with Crippen LogP contribution in [0.1, 0.15) is 19.3 Å². The lowest BCUT2D eigenvalue weighted by Crippen LogP contribution is -2.05. The highest BCUT2D eigenvalue weighted by molar-refractivity contribution is 5.19. The van der Waals surface area contributed by atoms with Gasteiger partial charge in [-0.05, 0) is 36.7 Å². The number of rotatable bonds is 4. The van der Waals surface area contributed by atoms with Gasteiger partial charge in [0, 0.05) is 0 Å². The Morgan fingerprint density at radius 1 is 1.58 bits per heavy atom. The van der Waals surface area contributed by atoms with Gasteiger partial charge in [0.15, 0.2) is 0 Å². The van der Waals surface area contributed by atoms with E-state index in [2.05, 4.69) is 12.7 Å². The molecule has 2 bridgehead atoms. The average Bonchev–Trinajstić information content (AvgIpc) is 2.65. The predicted molar refractivity (Wildman–Crippen MR) is 49.9 cm³/mol. The quantitative estimate of drug-likeness (QED) is 0.458. The highest BCUT2D eigenvalue weighted by atomic mass is 16.5. The van der Waals surface area contributed by atoms with Crippen LogP contribution in [0.4, 0.5) is 0 Å². The molecular formula is C11H16O. The first-order chi connectivity index (χ1) is 5.90. The summed E-state index contributed by atoms with van der Waals surface area (Å²) < 4.78 is 5.43. The van der Waals surface area contributed by atoms with Gasteiger partial charge in [-0.1, -0.05) is 12.2 Å². The van der Waals surface area contributed by atoms with Crippen molar-refractivity contribution < 1.29 is 4.74 Å². The first-order valence-electron chi connectivity index (χ1n) is 4.79. The van der Waals surface area contributed by atoms with E-state index in [1.54, 1.807) is 5.57 Å². The van der Waals surface area contributed by atoms with Gasteiger partial charge in [0.1, 0.15) is 0 Å². The van der Waals surface area contributed by atoms with Crippen molar-refractivity contribution in [3.8, 4) is 0 Å². The van der Waals surface area contributed by atoms with Crippen molar-refractivity contribution in [2.24, 2.45) is 11.8 Å². The molecule has 0 aromatic carbocycles. The second-order valence-electron chi connectivity index (χ2n) is 3.82. The average molecular weight is 164 g/mol. The van der Waals surface area contributed by atoms with Crippen LogP contribution >= 0.6 is 0 Å². The van der Waals surface area contributed by atoms with Crippen molar-refractivity contribution in [2.45, 2.75) is 19.3 Å². The molecule has 0 aromatic heterocycles. The van der Waals surface area contributed by atoms with Crippen LogP contribution in [0.2, 0.25) is 0 Å². The van der Waals surface area contributed by atoms with Gasteiger partial charge in [-0.2, -0.15) is 0 Å². The van der Waals surface area contributed by atoms with Gasteiger partial charge in [-0.15, -0.1) is 6.58 Å². The van der Waals surface area contributed by atoms with Gasteiger partial charge in [0.05, 0.1) is 13.2 Å². The summed E-state index contributed by atoms with van der Waals surface area (Å²) in [4.78, 5) is 0. The second-order valence-corrected chi connectivity index (χ2v) is 3.82. The van der Waals surface area contributed by atoms with Crippen molar-refractivity contribution in [2.75, 3.05) is 13.2 Å². The summed E-state index contributed by atoms with van der Waals surface area (Å²) in [5.41, 5.74) is 1.55. The first kappa shape index (κ1) is 8.06. The lowest BCUT2D eigenvalue weighted by Gasteiger charge is -2.12. The Balaban J connectivity index is 1.81. The minimum atomic E-state index is 0.689. The Morgan fingerprint density at radius 3 is 3.08 bits per heavy atom. The van der Waals surface area contributed by atoms with E-state index in [1.807, 2.05) is 6.08 Å². The van der Waals surface area contributed by atoms with Crippen LogP contribution in [0.25, 0.3) is 0 Å². The molecular weight excluding hydrogens is 148 g/mol. The monoisotopic (exact) mass is 164 g/mol. The van der Waals surface area contributed by atoms with E-state index in [-0.39, 0.29) is 0 Å².